The van der Waals surface area contributed by atoms with Crippen LogP contribution < -0.4 is 10.2 Å². The Kier molecular flexibility index (Phi) is 6.56. The van der Waals surface area contributed by atoms with Crippen molar-refractivity contribution in [3.63, 3.8) is 0 Å². The fraction of sp³-hybridized carbons (Fsp3) is 0.714. The lowest BCUT2D eigenvalue weighted by molar-refractivity contribution is 0.181. The lowest BCUT2D eigenvalue weighted by atomic mass is 10.3. The topological polar surface area (TPSA) is 50.3 Å². The minimum Gasteiger partial charge on any atom is -0.383 e. The first-order valence-corrected chi connectivity index (χ1v) is 6.97. The number of hydrogen-bond donors (Lipinski definition) is 1. The van der Waals surface area contributed by atoms with E-state index >= 15 is 0 Å². The molecule has 0 saturated carbocycles. The molecule has 0 aliphatic carbocycles. The predicted octanol–water partition coefficient (Wildman–Crippen LogP) is 2.47. The zero-order valence-electron chi connectivity index (χ0n) is 12.7. The monoisotopic (exact) mass is 266 g/mol. The summed E-state index contributed by atoms with van der Waals surface area (Å²) < 4.78 is 5.23. The maximum atomic E-state index is 5.23. The van der Waals surface area contributed by atoms with Gasteiger partial charge in [-0.25, -0.2) is 4.98 Å². The summed E-state index contributed by atoms with van der Waals surface area (Å²) in [5, 5.41) is 3.25. The lowest BCUT2D eigenvalue weighted by Gasteiger charge is -2.29. The van der Waals surface area contributed by atoms with Crippen LogP contribution in [-0.2, 0) is 4.74 Å². The Bertz CT molecular complexity index is 384. The van der Waals surface area contributed by atoms with E-state index in [0.29, 0.717) is 18.6 Å². The number of likely N-dealkylation sites (N-methyl/N-ethyl adjacent to an activating group) is 1. The van der Waals surface area contributed by atoms with Gasteiger partial charge in [-0.1, -0.05) is 6.92 Å². The van der Waals surface area contributed by atoms with E-state index in [0.717, 1.165) is 31.0 Å². The highest BCUT2D eigenvalue weighted by Crippen LogP contribution is 2.17. The SMILES string of the molecule is CCCNc1nc(C)cc(N(CC)C(C)COC)n1. The average Bonchev–Trinajstić information content (AvgIpc) is 2.37. The van der Waals surface area contributed by atoms with E-state index < -0.39 is 0 Å². The Hall–Kier alpha value is -1.36. The molecule has 5 heteroatoms. The summed E-state index contributed by atoms with van der Waals surface area (Å²) in [7, 11) is 1.73. The molecule has 1 rings (SSSR count). The van der Waals surface area contributed by atoms with E-state index in [4.69, 9.17) is 4.74 Å². The zero-order valence-corrected chi connectivity index (χ0v) is 12.7. The molecule has 1 heterocycles. The maximum Gasteiger partial charge on any atom is 0.224 e. The number of hydrogen-bond acceptors (Lipinski definition) is 5. The number of nitrogens with zero attached hydrogens (tertiary/aromatic N) is 3. The zero-order chi connectivity index (χ0) is 14.3. The van der Waals surface area contributed by atoms with Gasteiger partial charge in [0.05, 0.1) is 12.6 Å². The molecule has 0 spiro atoms. The second-order valence-corrected chi connectivity index (χ2v) is 4.71. The van der Waals surface area contributed by atoms with Crippen LogP contribution in [0.5, 0.6) is 0 Å². The molecule has 5 nitrogen and oxygen atoms in total. The van der Waals surface area contributed by atoms with Crippen molar-refractivity contribution < 1.29 is 4.74 Å². The summed E-state index contributed by atoms with van der Waals surface area (Å²) in [6, 6.07) is 2.32. The van der Waals surface area contributed by atoms with Crippen molar-refractivity contribution in [1.82, 2.24) is 9.97 Å². The fourth-order valence-corrected chi connectivity index (χ4v) is 2.05. The van der Waals surface area contributed by atoms with Crippen LogP contribution in [0.2, 0.25) is 0 Å². The Balaban J connectivity index is 2.92. The van der Waals surface area contributed by atoms with E-state index in [9.17, 15) is 0 Å². The van der Waals surface area contributed by atoms with Crippen LogP contribution in [0.25, 0.3) is 0 Å². The van der Waals surface area contributed by atoms with Crippen molar-refractivity contribution in [3.8, 4) is 0 Å². The number of ether oxygens (including phenoxy) is 1. The molecular weight excluding hydrogens is 240 g/mol. The Morgan fingerprint density at radius 1 is 1.37 bits per heavy atom. The first-order valence-electron chi connectivity index (χ1n) is 6.97. The van der Waals surface area contributed by atoms with E-state index in [1.165, 1.54) is 0 Å². The number of methoxy groups -OCH3 is 1. The van der Waals surface area contributed by atoms with E-state index in [-0.39, 0.29) is 0 Å². The smallest absolute Gasteiger partial charge is 0.224 e. The maximum absolute atomic E-state index is 5.23. The van der Waals surface area contributed by atoms with Crippen molar-refractivity contribution in [2.24, 2.45) is 0 Å². The molecule has 19 heavy (non-hydrogen) atoms. The minimum atomic E-state index is 0.295. The van der Waals surface area contributed by atoms with Crippen LogP contribution in [0.3, 0.4) is 0 Å². The van der Waals surface area contributed by atoms with E-state index in [1.54, 1.807) is 7.11 Å². The molecule has 1 atom stereocenters. The highest BCUT2D eigenvalue weighted by atomic mass is 16.5. The normalized spacial score (nSPS) is 12.3. The summed E-state index contributed by atoms with van der Waals surface area (Å²) in [6.45, 7) is 10.9. The van der Waals surface area contributed by atoms with E-state index in [1.807, 2.05) is 13.0 Å². The van der Waals surface area contributed by atoms with Gasteiger partial charge in [-0.2, -0.15) is 4.98 Å². The summed E-state index contributed by atoms with van der Waals surface area (Å²) in [4.78, 5) is 11.2. The Morgan fingerprint density at radius 3 is 2.68 bits per heavy atom. The van der Waals surface area contributed by atoms with Crippen LogP contribution in [0.4, 0.5) is 11.8 Å². The van der Waals surface area contributed by atoms with Crippen molar-refractivity contribution >= 4 is 11.8 Å². The molecule has 1 N–H and O–H groups in total. The molecule has 0 amide bonds. The van der Waals surface area contributed by atoms with Gasteiger partial charge in [-0.05, 0) is 27.2 Å². The molecule has 1 aromatic rings. The van der Waals surface area contributed by atoms with Crippen molar-refractivity contribution in [2.45, 2.75) is 40.2 Å². The third-order valence-corrected chi connectivity index (χ3v) is 2.95. The minimum absolute atomic E-state index is 0.295. The van der Waals surface area contributed by atoms with Gasteiger partial charge in [0.1, 0.15) is 5.82 Å². The Morgan fingerprint density at radius 2 is 2.11 bits per heavy atom. The van der Waals surface area contributed by atoms with Gasteiger partial charge in [0.15, 0.2) is 0 Å². The largest absolute Gasteiger partial charge is 0.383 e. The van der Waals surface area contributed by atoms with Gasteiger partial charge in [0.2, 0.25) is 5.95 Å². The van der Waals surface area contributed by atoms with Crippen molar-refractivity contribution in [1.29, 1.82) is 0 Å². The van der Waals surface area contributed by atoms with Crippen molar-refractivity contribution in [3.05, 3.63) is 11.8 Å². The second-order valence-electron chi connectivity index (χ2n) is 4.71. The highest BCUT2D eigenvalue weighted by molar-refractivity contribution is 5.45. The quantitative estimate of drug-likeness (QED) is 0.783. The average molecular weight is 266 g/mol. The molecule has 0 aromatic carbocycles. The van der Waals surface area contributed by atoms with Crippen LogP contribution in [0.1, 0.15) is 32.9 Å². The van der Waals surface area contributed by atoms with Gasteiger partial charge >= 0.3 is 0 Å². The lowest BCUT2D eigenvalue weighted by Crippen LogP contribution is -2.37. The van der Waals surface area contributed by atoms with Gasteiger partial charge in [-0.3, -0.25) is 0 Å². The molecule has 0 bridgehead atoms. The molecule has 0 aliphatic rings. The summed E-state index contributed by atoms with van der Waals surface area (Å²) in [5.41, 5.74) is 0.978. The van der Waals surface area contributed by atoms with Crippen LogP contribution in [0, 0.1) is 6.92 Å². The third-order valence-electron chi connectivity index (χ3n) is 2.95. The van der Waals surface area contributed by atoms with Gasteiger partial charge in [0.25, 0.3) is 0 Å². The molecule has 108 valence electrons. The molecule has 0 radical (unpaired) electrons. The van der Waals surface area contributed by atoms with Gasteiger partial charge in [0, 0.05) is 32.0 Å². The summed E-state index contributed by atoms with van der Waals surface area (Å²) in [5.74, 6) is 1.66. The Labute approximate surface area is 116 Å². The van der Waals surface area contributed by atoms with Gasteiger partial charge < -0.3 is 15.0 Å². The number of nitrogens with one attached hydrogen (secondary N) is 1. The van der Waals surface area contributed by atoms with Crippen LogP contribution in [-0.4, -0.2) is 42.8 Å². The van der Waals surface area contributed by atoms with Crippen LogP contribution >= 0.6 is 0 Å². The fourth-order valence-electron chi connectivity index (χ4n) is 2.05. The number of aryl methyl sites for hydroxylation is 1. The summed E-state index contributed by atoms with van der Waals surface area (Å²) >= 11 is 0. The third kappa shape index (κ3) is 4.67. The van der Waals surface area contributed by atoms with Crippen LogP contribution in [0.15, 0.2) is 6.07 Å². The summed E-state index contributed by atoms with van der Waals surface area (Å²) in [6.07, 6.45) is 1.06. The molecule has 0 aliphatic heterocycles. The first kappa shape index (κ1) is 15.7. The molecule has 1 aromatic heterocycles. The number of aromatic nitrogens is 2. The number of anilines is 2. The standard InChI is InChI=1S/C14H26N4O/c1-6-8-15-14-16-11(3)9-13(17-14)18(7-2)12(4)10-19-5/h9,12H,6-8,10H2,1-5H3,(H,15,16,17). The predicted molar refractivity (Wildman–Crippen MR) is 79.9 cm³/mol. The molecule has 1 unspecified atom stereocenters. The van der Waals surface area contributed by atoms with Crippen molar-refractivity contribution in [2.75, 3.05) is 37.0 Å². The highest BCUT2D eigenvalue weighted by Gasteiger charge is 2.15. The molecule has 0 saturated heterocycles. The molecule has 0 fully saturated rings. The molecular formula is C14H26N4O. The first-order chi connectivity index (χ1) is 9.12. The second kappa shape index (κ2) is 7.94. The van der Waals surface area contributed by atoms with Gasteiger partial charge in [-0.15, -0.1) is 0 Å². The van der Waals surface area contributed by atoms with E-state index in [2.05, 4.69) is 41.0 Å². The number of rotatable bonds is 8.